The van der Waals surface area contributed by atoms with Crippen molar-refractivity contribution in [3.8, 4) is 17.4 Å². The second kappa shape index (κ2) is 10.8. The number of halogens is 3. The van der Waals surface area contributed by atoms with Gasteiger partial charge in [-0.05, 0) is 30.0 Å². The molecule has 8 nitrogen and oxygen atoms in total. The number of aliphatic hydroxyl groups excluding tert-OH is 1. The van der Waals surface area contributed by atoms with Crippen LogP contribution in [0, 0.1) is 11.7 Å². The van der Waals surface area contributed by atoms with Crippen LogP contribution in [0.4, 0.5) is 10.1 Å². The van der Waals surface area contributed by atoms with Crippen molar-refractivity contribution in [3.05, 3.63) is 75.7 Å². The van der Waals surface area contributed by atoms with E-state index in [4.69, 9.17) is 32.7 Å². The molecule has 0 saturated heterocycles. The molecule has 1 aromatic heterocycles. The molecule has 0 saturated carbocycles. The minimum absolute atomic E-state index is 0.0626. The number of aromatic nitrogens is 1. The maximum Gasteiger partial charge on any atom is 0.304 e. The zero-order valence-corrected chi connectivity index (χ0v) is 21.7. The Bertz CT molecular complexity index is 1370. The molecule has 4 rings (SSSR count). The number of fused-ring (bicyclic) bond motifs is 1. The molecular weight excluding hydrogens is 532 g/mol. The van der Waals surface area contributed by atoms with Crippen LogP contribution in [0.25, 0.3) is 0 Å². The van der Waals surface area contributed by atoms with E-state index in [1.807, 2.05) is 26.0 Å². The van der Waals surface area contributed by atoms with Crippen molar-refractivity contribution in [1.82, 2.24) is 9.71 Å². The molecule has 0 amide bonds. The minimum Gasteiger partial charge on any atom is -0.476 e. The summed E-state index contributed by atoms with van der Waals surface area (Å²) in [6.45, 7) is 4.61. The van der Waals surface area contributed by atoms with Gasteiger partial charge in [0.15, 0.2) is 0 Å². The molecule has 0 fully saturated rings. The Hall–Kier alpha value is -2.63. The van der Waals surface area contributed by atoms with Gasteiger partial charge in [-0.1, -0.05) is 55.2 Å². The summed E-state index contributed by atoms with van der Waals surface area (Å²) in [5.74, 6) is -0.302. The molecule has 192 valence electrons. The predicted molar refractivity (Wildman–Crippen MR) is 136 cm³/mol. The van der Waals surface area contributed by atoms with E-state index in [0.29, 0.717) is 18.7 Å². The summed E-state index contributed by atoms with van der Waals surface area (Å²) in [6.07, 6.45) is -0.00766. The highest BCUT2D eigenvalue weighted by Gasteiger charge is 2.32. The Kier molecular flexibility index (Phi) is 7.91. The zero-order valence-electron chi connectivity index (χ0n) is 19.4. The first-order valence-corrected chi connectivity index (χ1v) is 13.3. The number of aliphatic hydroxyl groups is 1. The van der Waals surface area contributed by atoms with Gasteiger partial charge in [0.05, 0.1) is 23.5 Å². The SMILES string of the molecule is CC(C)COc1ncc(Oc2cc(F)c(C(O)NS(=O)(=O)N3CCc4ccccc43)cc2Cl)cc1Cl. The normalized spacial score (nSPS) is 14.1. The number of hydrogen-bond donors (Lipinski definition) is 2. The van der Waals surface area contributed by atoms with Gasteiger partial charge in [0.25, 0.3) is 0 Å². The fourth-order valence-corrected chi connectivity index (χ4v) is 5.33. The van der Waals surface area contributed by atoms with Crippen LogP contribution in [0.3, 0.4) is 0 Å². The number of anilines is 1. The lowest BCUT2D eigenvalue weighted by Crippen LogP contribution is -2.41. The van der Waals surface area contributed by atoms with Gasteiger partial charge in [-0.25, -0.2) is 9.37 Å². The Morgan fingerprint density at radius 1 is 1.19 bits per heavy atom. The van der Waals surface area contributed by atoms with Gasteiger partial charge < -0.3 is 14.6 Å². The van der Waals surface area contributed by atoms with Gasteiger partial charge in [-0.3, -0.25) is 4.31 Å². The highest BCUT2D eigenvalue weighted by atomic mass is 35.5. The van der Waals surface area contributed by atoms with Crippen molar-refractivity contribution < 1.29 is 27.4 Å². The van der Waals surface area contributed by atoms with E-state index in [2.05, 4.69) is 9.71 Å². The number of pyridine rings is 1. The lowest BCUT2D eigenvalue weighted by Gasteiger charge is -2.23. The molecule has 12 heteroatoms. The van der Waals surface area contributed by atoms with Gasteiger partial charge in [0.2, 0.25) is 5.88 Å². The highest BCUT2D eigenvalue weighted by Crippen LogP contribution is 2.36. The van der Waals surface area contributed by atoms with E-state index in [1.54, 1.807) is 12.1 Å². The maximum absolute atomic E-state index is 14.9. The summed E-state index contributed by atoms with van der Waals surface area (Å²) < 4.78 is 55.0. The number of benzene rings is 2. The van der Waals surface area contributed by atoms with Crippen LogP contribution in [0.2, 0.25) is 10.0 Å². The summed E-state index contributed by atoms with van der Waals surface area (Å²) in [6, 6.07) is 10.5. The molecule has 1 unspecified atom stereocenters. The molecule has 36 heavy (non-hydrogen) atoms. The maximum atomic E-state index is 14.9. The third-order valence-electron chi connectivity index (χ3n) is 5.30. The summed E-state index contributed by atoms with van der Waals surface area (Å²) in [4.78, 5) is 4.10. The van der Waals surface area contributed by atoms with Gasteiger partial charge in [-0.2, -0.15) is 13.1 Å². The number of rotatable bonds is 9. The van der Waals surface area contributed by atoms with Crippen molar-refractivity contribution in [2.24, 2.45) is 5.92 Å². The Balaban J connectivity index is 1.49. The second-order valence-corrected chi connectivity index (χ2v) is 11.0. The number of ether oxygens (including phenoxy) is 2. The van der Waals surface area contributed by atoms with E-state index in [-0.39, 0.29) is 45.5 Å². The number of nitrogens with one attached hydrogen (secondary N) is 1. The largest absolute Gasteiger partial charge is 0.476 e. The van der Waals surface area contributed by atoms with Crippen LogP contribution in [-0.2, 0) is 16.6 Å². The first-order valence-electron chi connectivity index (χ1n) is 11.1. The van der Waals surface area contributed by atoms with Crippen LogP contribution in [0.15, 0.2) is 48.7 Å². The molecule has 1 atom stereocenters. The number of hydrogen-bond acceptors (Lipinski definition) is 6. The van der Waals surface area contributed by atoms with Crippen LogP contribution in [-0.4, -0.2) is 31.7 Å². The summed E-state index contributed by atoms with van der Waals surface area (Å²) >= 11 is 12.4. The number of nitrogens with zero attached hydrogens (tertiary/aromatic N) is 2. The molecule has 0 aliphatic carbocycles. The van der Waals surface area contributed by atoms with Crippen LogP contribution < -0.4 is 18.5 Å². The molecule has 1 aliphatic rings. The van der Waals surface area contributed by atoms with Gasteiger partial charge in [0.1, 0.15) is 28.6 Å². The van der Waals surface area contributed by atoms with E-state index in [0.717, 1.165) is 22.0 Å². The van der Waals surface area contributed by atoms with E-state index in [1.165, 1.54) is 12.3 Å². The fourth-order valence-electron chi connectivity index (χ4n) is 3.60. The van der Waals surface area contributed by atoms with Crippen molar-refractivity contribution in [3.63, 3.8) is 0 Å². The van der Waals surface area contributed by atoms with Crippen molar-refractivity contribution in [2.45, 2.75) is 26.5 Å². The van der Waals surface area contributed by atoms with Crippen molar-refractivity contribution in [2.75, 3.05) is 17.5 Å². The van der Waals surface area contributed by atoms with Gasteiger partial charge in [0, 0.05) is 24.2 Å². The Morgan fingerprint density at radius 3 is 2.67 bits per heavy atom. The molecular formula is C24H24Cl2FN3O5S. The third kappa shape index (κ3) is 5.84. The smallest absolute Gasteiger partial charge is 0.304 e. The average Bonchev–Trinajstić information content (AvgIpc) is 3.25. The highest BCUT2D eigenvalue weighted by molar-refractivity contribution is 7.90. The van der Waals surface area contributed by atoms with E-state index < -0.39 is 22.3 Å². The Labute approximate surface area is 218 Å². The van der Waals surface area contributed by atoms with Crippen LogP contribution in [0.1, 0.15) is 31.2 Å². The van der Waals surface area contributed by atoms with Crippen LogP contribution in [0.5, 0.6) is 17.4 Å². The van der Waals surface area contributed by atoms with E-state index >= 15 is 0 Å². The molecule has 0 radical (unpaired) electrons. The lowest BCUT2D eigenvalue weighted by molar-refractivity contribution is 0.161. The predicted octanol–water partition coefficient (Wildman–Crippen LogP) is 5.24. The standard InChI is InChI=1S/C24H24Cl2FN3O5S/c1-14(2)13-34-24-19(26)9-16(12-28-24)35-22-11-20(27)17(10-18(22)25)23(31)29-36(32,33)30-8-7-15-5-3-4-6-21(15)30/h3-6,9-12,14,23,29,31H,7-8,13H2,1-2H3. The Morgan fingerprint density at radius 2 is 1.94 bits per heavy atom. The molecule has 2 N–H and O–H groups in total. The third-order valence-corrected chi connectivity index (χ3v) is 7.35. The summed E-state index contributed by atoms with van der Waals surface area (Å²) in [5.41, 5.74) is 1.01. The molecule has 0 bridgehead atoms. The molecule has 0 spiro atoms. The summed E-state index contributed by atoms with van der Waals surface area (Å²) in [5, 5.41) is 10.6. The van der Waals surface area contributed by atoms with Crippen LogP contribution >= 0.6 is 23.2 Å². The minimum atomic E-state index is -4.17. The zero-order chi connectivity index (χ0) is 26.0. The summed E-state index contributed by atoms with van der Waals surface area (Å²) in [7, 11) is -4.17. The van der Waals surface area contributed by atoms with Crippen molar-refractivity contribution in [1.29, 1.82) is 0 Å². The first-order chi connectivity index (χ1) is 17.0. The average molecular weight is 556 g/mol. The monoisotopic (exact) mass is 555 g/mol. The quantitative estimate of drug-likeness (QED) is 0.350. The molecule has 1 aliphatic heterocycles. The lowest BCUT2D eigenvalue weighted by atomic mass is 10.2. The van der Waals surface area contributed by atoms with Gasteiger partial charge in [-0.15, -0.1) is 0 Å². The molecule has 3 aromatic rings. The second-order valence-electron chi connectivity index (χ2n) is 8.55. The molecule has 2 heterocycles. The van der Waals surface area contributed by atoms with E-state index in [9.17, 15) is 17.9 Å². The van der Waals surface area contributed by atoms with Gasteiger partial charge >= 0.3 is 10.2 Å². The fraction of sp³-hybridized carbons (Fsp3) is 0.292. The molecule has 2 aromatic carbocycles. The topological polar surface area (TPSA) is 101 Å². The van der Waals surface area contributed by atoms with Crippen molar-refractivity contribution >= 4 is 39.1 Å². The number of para-hydroxylation sites is 1. The first kappa shape index (κ1) is 26.4.